The molecule has 0 saturated heterocycles. The van der Waals surface area contributed by atoms with Crippen molar-refractivity contribution >= 4 is 0 Å². The maximum atomic E-state index is 11.4. The Morgan fingerprint density at radius 3 is 1.00 bits per heavy atom. The third-order valence-corrected chi connectivity index (χ3v) is 4.05. The molecule has 2 N–H and O–H groups in total. The molecule has 136 valence electrons. The van der Waals surface area contributed by atoms with Crippen molar-refractivity contribution in [2.45, 2.75) is 26.4 Å². The second-order valence-electron chi connectivity index (χ2n) is 7.53. The van der Waals surface area contributed by atoms with Crippen LogP contribution < -0.4 is 0 Å². The number of aliphatic hydroxyl groups is 2. The minimum Gasteiger partial charge on any atom is -0.396 e. The Morgan fingerprint density at radius 2 is 0.808 bits per heavy atom. The fourth-order valence-electron chi connectivity index (χ4n) is 2.54. The summed E-state index contributed by atoms with van der Waals surface area (Å²) in [4.78, 5) is 0. The molecule has 3 aromatic rings. The van der Waals surface area contributed by atoms with Crippen LogP contribution in [0.1, 0.15) is 37.5 Å². The van der Waals surface area contributed by atoms with Crippen LogP contribution in [-0.4, -0.2) is 16.8 Å². The van der Waals surface area contributed by atoms with Crippen molar-refractivity contribution in [3.8, 4) is 0 Å². The van der Waals surface area contributed by atoms with Gasteiger partial charge in [-0.05, 0) is 22.1 Å². The Bertz CT molecular complexity index is 663. The standard InChI is InChI=1S/C19H16O.C5H12O/c20-19(16-10-4-1-5-11-16,17-12-6-2-7-13-17)18-14-8-3-9-15-18;1-5(2,3)4-6/h1-15,20H;6H,4H2,1-3H3. The lowest BCUT2D eigenvalue weighted by Crippen LogP contribution is -2.28. The van der Waals surface area contributed by atoms with Gasteiger partial charge in [0.15, 0.2) is 0 Å². The molecule has 0 saturated carbocycles. The van der Waals surface area contributed by atoms with Gasteiger partial charge < -0.3 is 10.2 Å². The lowest BCUT2D eigenvalue weighted by molar-refractivity contribution is 0.125. The predicted molar refractivity (Wildman–Crippen MR) is 108 cm³/mol. The van der Waals surface area contributed by atoms with E-state index in [1.807, 2.05) is 112 Å². The van der Waals surface area contributed by atoms with Crippen molar-refractivity contribution in [2.75, 3.05) is 6.61 Å². The Kier molecular flexibility index (Phi) is 6.73. The average Bonchev–Trinajstić information content (AvgIpc) is 2.69. The number of rotatable bonds is 3. The van der Waals surface area contributed by atoms with Gasteiger partial charge in [-0.15, -0.1) is 0 Å². The molecule has 0 radical (unpaired) electrons. The molecule has 0 amide bonds. The summed E-state index contributed by atoms with van der Waals surface area (Å²) in [6.07, 6.45) is 0. The lowest BCUT2D eigenvalue weighted by Gasteiger charge is -2.30. The van der Waals surface area contributed by atoms with Gasteiger partial charge in [-0.2, -0.15) is 0 Å². The fourth-order valence-corrected chi connectivity index (χ4v) is 2.54. The van der Waals surface area contributed by atoms with Crippen molar-refractivity contribution in [3.05, 3.63) is 108 Å². The zero-order chi connectivity index (χ0) is 19.0. The zero-order valence-corrected chi connectivity index (χ0v) is 15.8. The van der Waals surface area contributed by atoms with Crippen LogP contribution in [0.3, 0.4) is 0 Å². The minimum atomic E-state index is -1.12. The summed E-state index contributed by atoms with van der Waals surface area (Å²) in [5.41, 5.74) is 1.59. The molecule has 2 heteroatoms. The van der Waals surface area contributed by atoms with E-state index in [9.17, 15) is 5.11 Å². The van der Waals surface area contributed by atoms with Crippen LogP contribution in [0.25, 0.3) is 0 Å². The van der Waals surface area contributed by atoms with Gasteiger partial charge in [0.1, 0.15) is 5.60 Å². The SMILES string of the molecule is CC(C)(C)CO.OC(c1ccccc1)(c1ccccc1)c1ccccc1. The maximum absolute atomic E-state index is 11.4. The molecule has 0 atom stereocenters. The quantitative estimate of drug-likeness (QED) is 0.654. The van der Waals surface area contributed by atoms with Crippen molar-refractivity contribution in [2.24, 2.45) is 5.41 Å². The molecule has 3 rings (SSSR count). The van der Waals surface area contributed by atoms with E-state index < -0.39 is 5.60 Å². The van der Waals surface area contributed by atoms with Crippen molar-refractivity contribution in [1.29, 1.82) is 0 Å². The highest BCUT2D eigenvalue weighted by Crippen LogP contribution is 2.36. The molecule has 0 aliphatic carbocycles. The van der Waals surface area contributed by atoms with E-state index in [2.05, 4.69) is 0 Å². The second-order valence-corrected chi connectivity index (χ2v) is 7.53. The van der Waals surface area contributed by atoms with Gasteiger partial charge in [-0.1, -0.05) is 112 Å². The Labute approximate surface area is 156 Å². The Balaban J connectivity index is 0.000000352. The monoisotopic (exact) mass is 348 g/mol. The highest BCUT2D eigenvalue weighted by molar-refractivity contribution is 5.46. The molecule has 0 heterocycles. The highest BCUT2D eigenvalue weighted by atomic mass is 16.3. The third kappa shape index (κ3) is 5.04. The summed E-state index contributed by atoms with van der Waals surface area (Å²) in [7, 11) is 0. The van der Waals surface area contributed by atoms with Gasteiger partial charge in [-0.25, -0.2) is 0 Å². The Hall–Kier alpha value is -2.42. The van der Waals surface area contributed by atoms with E-state index >= 15 is 0 Å². The summed E-state index contributed by atoms with van der Waals surface area (Å²) in [5.74, 6) is 0. The fraction of sp³-hybridized carbons (Fsp3) is 0.250. The lowest BCUT2D eigenvalue weighted by atomic mass is 9.80. The van der Waals surface area contributed by atoms with Gasteiger partial charge >= 0.3 is 0 Å². The van der Waals surface area contributed by atoms with E-state index in [0.717, 1.165) is 16.7 Å². The summed E-state index contributed by atoms with van der Waals surface area (Å²) in [5, 5.41) is 19.8. The molecule has 3 aromatic carbocycles. The predicted octanol–water partition coefficient (Wildman–Crippen LogP) is 5.00. The van der Waals surface area contributed by atoms with Crippen LogP contribution in [0.15, 0.2) is 91.0 Å². The number of hydrogen-bond donors (Lipinski definition) is 2. The van der Waals surface area contributed by atoms with Crippen molar-refractivity contribution in [1.82, 2.24) is 0 Å². The average molecular weight is 348 g/mol. The summed E-state index contributed by atoms with van der Waals surface area (Å²) in [6.45, 7) is 6.25. The second kappa shape index (κ2) is 8.79. The molecule has 0 unspecified atom stereocenters. The molecule has 0 spiro atoms. The highest BCUT2D eigenvalue weighted by Gasteiger charge is 2.33. The molecule has 0 fully saturated rings. The van der Waals surface area contributed by atoms with Crippen LogP contribution in [0.4, 0.5) is 0 Å². The topological polar surface area (TPSA) is 40.5 Å². The van der Waals surface area contributed by atoms with Gasteiger partial charge in [0, 0.05) is 6.61 Å². The molecule has 26 heavy (non-hydrogen) atoms. The molecular weight excluding hydrogens is 320 g/mol. The first kappa shape index (κ1) is 19.9. The van der Waals surface area contributed by atoms with Crippen LogP contribution >= 0.6 is 0 Å². The van der Waals surface area contributed by atoms with Crippen LogP contribution in [0.5, 0.6) is 0 Å². The Morgan fingerprint density at radius 1 is 0.577 bits per heavy atom. The largest absolute Gasteiger partial charge is 0.396 e. The van der Waals surface area contributed by atoms with Gasteiger partial charge in [0.2, 0.25) is 0 Å². The van der Waals surface area contributed by atoms with Crippen molar-refractivity contribution in [3.63, 3.8) is 0 Å². The molecule has 2 nitrogen and oxygen atoms in total. The van der Waals surface area contributed by atoms with Gasteiger partial charge in [0.25, 0.3) is 0 Å². The maximum Gasteiger partial charge on any atom is 0.140 e. The molecule has 0 aliphatic rings. The molecule has 0 aliphatic heterocycles. The van der Waals surface area contributed by atoms with E-state index in [-0.39, 0.29) is 12.0 Å². The van der Waals surface area contributed by atoms with Crippen LogP contribution in [-0.2, 0) is 5.60 Å². The minimum absolute atomic E-state index is 0.0972. The normalized spacial score (nSPS) is 11.4. The summed E-state index contributed by atoms with van der Waals surface area (Å²) < 4.78 is 0. The summed E-state index contributed by atoms with van der Waals surface area (Å²) in [6, 6.07) is 29.3. The number of benzene rings is 3. The van der Waals surface area contributed by atoms with E-state index in [4.69, 9.17) is 5.11 Å². The van der Waals surface area contributed by atoms with Crippen LogP contribution in [0.2, 0.25) is 0 Å². The number of hydrogen-bond acceptors (Lipinski definition) is 2. The number of aliphatic hydroxyl groups excluding tert-OH is 1. The third-order valence-electron chi connectivity index (χ3n) is 4.05. The smallest absolute Gasteiger partial charge is 0.140 e. The van der Waals surface area contributed by atoms with E-state index in [1.165, 1.54) is 0 Å². The van der Waals surface area contributed by atoms with Gasteiger partial charge in [0.05, 0.1) is 0 Å². The molecule has 0 bridgehead atoms. The summed E-state index contributed by atoms with van der Waals surface area (Å²) >= 11 is 0. The van der Waals surface area contributed by atoms with Crippen LogP contribution in [0, 0.1) is 5.41 Å². The first-order valence-electron chi connectivity index (χ1n) is 8.88. The zero-order valence-electron chi connectivity index (χ0n) is 15.8. The molecule has 0 aromatic heterocycles. The molecular formula is C24H28O2. The first-order chi connectivity index (χ1) is 12.4. The van der Waals surface area contributed by atoms with E-state index in [0.29, 0.717) is 0 Å². The van der Waals surface area contributed by atoms with Crippen molar-refractivity contribution < 1.29 is 10.2 Å². The van der Waals surface area contributed by atoms with Gasteiger partial charge in [-0.3, -0.25) is 0 Å². The first-order valence-corrected chi connectivity index (χ1v) is 8.88. The van der Waals surface area contributed by atoms with E-state index in [1.54, 1.807) is 0 Å².